The van der Waals surface area contributed by atoms with Crippen LogP contribution in [0.1, 0.15) is 38.1 Å². The molecule has 0 fully saturated rings. The van der Waals surface area contributed by atoms with Gasteiger partial charge in [0, 0.05) is 34.9 Å². The Morgan fingerprint density at radius 3 is 2.67 bits per heavy atom. The molecule has 2 rings (SSSR count). The van der Waals surface area contributed by atoms with E-state index in [1.807, 2.05) is 11.8 Å². The lowest BCUT2D eigenvalue weighted by Crippen LogP contribution is -2.04. The summed E-state index contributed by atoms with van der Waals surface area (Å²) in [5, 5.41) is 1.32. The van der Waals surface area contributed by atoms with Gasteiger partial charge in [-0.1, -0.05) is 13.0 Å². The second kappa shape index (κ2) is 5.81. The molecule has 98 valence electrons. The van der Waals surface area contributed by atoms with Gasteiger partial charge in [-0.3, -0.25) is 0 Å². The predicted molar refractivity (Wildman–Crippen MR) is 82.1 cm³/mol. The molecule has 3 heteroatoms. The fourth-order valence-electron chi connectivity index (χ4n) is 2.40. The van der Waals surface area contributed by atoms with Gasteiger partial charge in [0.15, 0.2) is 0 Å². The van der Waals surface area contributed by atoms with E-state index in [4.69, 9.17) is 5.73 Å². The highest BCUT2D eigenvalue weighted by atomic mass is 32.2. The average Bonchev–Trinajstić information content (AvgIpc) is 2.73. The van der Waals surface area contributed by atoms with E-state index in [1.165, 1.54) is 22.2 Å². The first-order valence-electron chi connectivity index (χ1n) is 6.58. The highest BCUT2D eigenvalue weighted by Gasteiger charge is 2.11. The molecule has 0 saturated carbocycles. The molecule has 1 aromatic heterocycles. The fourth-order valence-corrected chi connectivity index (χ4v) is 3.03. The quantitative estimate of drug-likeness (QED) is 0.885. The molecule has 2 aromatic rings. The average molecular weight is 262 g/mol. The fraction of sp³-hybridized carbons (Fsp3) is 0.467. The van der Waals surface area contributed by atoms with Crippen LogP contribution < -0.4 is 5.73 Å². The van der Waals surface area contributed by atoms with Crippen LogP contribution in [0.2, 0.25) is 0 Å². The van der Waals surface area contributed by atoms with Gasteiger partial charge >= 0.3 is 0 Å². The smallest absolute Gasteiger partial charge is 0.0485 e. The zero-order valence-electron chi connectivity index (χ0n) is 11.4. The molecule has 2 N–H and O–H groups in total. The lowest BCUT2D eigenvalue weighted by Gasteiger charge is -2.14. The summed E-state index contributed by atoms with van der Waals surface area (Å²) >= 11 is 1.97. The summed E-state index contributed by atoms with van der Waals surface area (Å²) in [6.45, 7) is 7.31. The monoisotopic (exact) mass is 262 g/mol. The van der Waals surface area contributed by atoms with Gasteiger partial charge < -0.3 is 10.3 Å². The summed E-state index contributed by atoms with van der Waals surface area (Å²) in [7, 11) is 0. The van der Waals surface area contributed by atoms with Gasteiger partial charge in [-0.2, -0.15) is 11.8 Å². The molecule has 0 amide bonds. The summed E-state index contributed by atoms with van der Waals surface area (Å²) in [5.74, 6) is 2.25. The van der Waals surface area contributed by atoms with Crippen LogP contribution in [-0.2, 0) is 12.3 Å². The van der Waals surface area contributed by atoms with Crippen LogP contribution in [0.5, 0.6) is 0 Å². The topological polar surface area (TPSA) is 30.9 Å². The molecule has 1 aromatic carbocycles. The van der Waals surface area contributed by atoms with E-state index in [-0.39, 0.29) is 0 Å². The van der Waals surface area contributed by atoms with Crippen molar-refractivity contribution in [1.29, 1.82) is 0 Å². The lowest BCUT2D eigenvalue weighted by atomic mass is 10.1. The Hall–Kier alpha value is -0.930. The Morgan fingerprint density at radius 2 is 2.06 bits per heavy atom. The summed E-state index contributed by atoms with van der Waals surface area (Å²) in [6.07, 6.45) is 0. The van der Waals surface area contributed by atoms with Crippen molar-refractivity contribution in [3.05, 3.63) is 35.5 Å². The number of aromatic nitrogens is 1. The van der Waals surface area contributed by atoms with Crippen molar-refractivity contribution in [2.24, 2.45) is 5.73 Å². The first-order chi connectivity index (χ1) is 8.67. The number of thioether (sulfide) groups is 1. The summed E-state index contributed by atoms with van der Waals surface area (Å²) in [5.41, 5.74) is 9.67. The highest BCUT2D eigenvalue weighted by molar-refractivity contribution is 7.98. The van der Waals surface area contributed by atoms with Gasteiger partial charge in [0.05, 0.1) is 0 Å². The van der Waals surface area contributed by atoms with Crippen molar-refractivity contribution in [2.75, 3.05) is 5.75 Å². The second-order valence-electron chi connectivity index (χ2n) is 4.83. The molecule has 0 spiro atoms. The molecule has 0 aliphatic carbocycles. The van der Waals surface area contributed by atoms with Gasteiger partial charge in [-0.15, -0.1) is 0 Å². The van der Waals surface area contributed by atoms with Crippen molar-refractivity contribution >= 4 is 22.7 Å². The third-order valence-corrected chi connectivity index (χ3v) is 4.10. The number of benzene rings is 1. The van der Waals surface area contributed by atoms with Crippen LogP contribution in [0.15, 0.2) is 24.3 Å². The molecular formula is C15H22N2S. The molecule has 0 bridgehead atoms. The molecule has 1 heterocycles. The van der Waals surface area contributed by atoms with Crippen LogP contribution in [0.4, 0.5) is 0 Å². The second-order valence-corrected chi connectivity index (χ2v) is 6.11. The predicted octanol–water partition coefficient (Wildman–Crippen LogP) is 3.93. The van der Waals surface area contributed by atoms with E-state index in [0.717, 1.165) is 11.5 Å². The molecule has 0 atom stereocenters. The van der Waals surface area contributed by atoms with E-state index < -0.39 is 0 Å². The Bertz CT molecular complexity index is 529. The third-order valence-electron chi connectivity index (χ3n) is 3.19. The molecule has 18 heavy (non-hydrogen) atoms. The van der Waals surface area contributed by atoms with Crippen molar-refractivity contribution in [2.45, 2.75) is 39.1 Å². The minimum atomic E-state index is 0.499. The van der Waals surface area contributed by atoms with E-state index in [9.17, 15) is 0 Å². The standard InChI is InChI=1S/C15H22N2S/c1-4-18-10-14-8-13-7-12(9-16)5-6-15(13)17(14)11(2)3/h5-8,11H,4,9-10,16H2,1-3H3. The van der Waals surface area contributed by atoms with Gasteiger partial charge in [-0.05, 0) is 43.4 Å². The maximum Gasteiger partial charge on any atom is 0.0485 e. The Balaban J connectivity index is 2.51. The van der Waals surface area contributed by atoms with E-state index in [0.29, 0.717) is 12.6 Å². The molecule has 2 nitrogen and oxygen atoms in total. The minimum Gasteiger partial charge on any atom is -0.341 e. The maximum absolute atomic E-state index is 5.71. The van der Waals surface area contributed by atoms with Crippen LogP contribution in [-0.4, -0.2) is 10.3 Å². The number of hydrogen-bond acceptors (Lipinski definition) is 2. The summed E-state index contributed by atoms with van der Waals surface area (Å²) in [4.78, 5) is 0. The SMILES string of the molecule is CCSCc1cc2cc(CN)ccc2n1C(C)C. The van der Waals surface area contributed by atoms with Crippen molar-refractivity contribution in [1.82, 2.24) is 4.57 Å². The van der Waals surface area contributed by atoms with Gasteiger partial charge in [0.2, 0.25) is 0 Å². The normalized spacial score (nSPS) is 11.6. The molecule has 0 aliphatic rings. The summed E-state index contributed by atoms with van der Waals surface area (Å²) < 4.78 is 2.44. The zero-order chi connectivity index (χ0) is 13.1. The number of rotatable bonds is 5. The third kappa shape index (κ3) is 2.57. The van der Waals surface area contributed by atoms with E-state index in [2.05, 4.69) is 49.6 Å². The minimum absolute atomic E-state index is 0.499. The van der Waals surface area contributed by atoms with Crippen LogP contribution in [0, 0.1) is 0 Å². The zero-order valence-corrected chi connectivity index (χ0v) is 12.3. The number of nitrogens with two attached hydrogens (primary N) is 1. The number of nitrogens with zero attached hydrogens (tertiary/aromatic N) is 1. The van der Waals surface area contributed by atoms with Gasteiger partial charge in [0.1, 0.15) is 0 Å². The van der Waals surface area contributed by atoms with Crippen molar-refractivity contribution in [3.63, 3.8) is 0 Å². The van der Waals surface area contributed by atoms with Crippen molar-refractivity contribution < 1.29 is 0 Å². The molecular weight excluding hydrogens is 240 g/mol. The lowest BCUT2D eigenvalue weighted by molar-refractivity contribution is 0.606. The Morgan fingerprint density at radius 1 is 1.28 bits per heavy atom. The number of fused-ring (bicyclic) bond motifs is 1. The molecule has 0 aliphatic heterocycles. The van der Waals surface area contributed by atoms with E-state index >= 15 is 0 Å². The highest BCUT2D eigenvalue weighted by Crippen LogP contribution is 2.27. The van der Waals surface area contributed by atoms with Gasteiger partial charge in [0.25, 0.3) is 0 Å². The van der Waals surface area contributed by atoms with Crippen molar-refractivity contribution in [3.8, 4) is 0 Å². The van der Waals surface area contributed by atoms with Crippen LogP contribution >= 0.6 is 11.8 Å². The maximum atomic E-state index is 5.71. The number of hydrogen-bond donors (Lipinski definition) is 1. The molecule has 0 radical (unpaired) electrons. The largest absolute Gasteiger partial charge is 0.341 e. The van der Waals surface area contributed by atoms with Gasteiger partial charge in [-0.25, -0.2) is 0 Å². The Kier molecular flexibility index (Phi) is 4.36. The van der Waals surface area contributed by atoms with E-state index in [1.54, 1.807) is 0 Å². The molecule has 0 saturated heterocycles. The Labute approximate surface area is 114 Å². The summed E-state index contributed by atoms with van der Waals surface area (Å²) in [6, 6.07) is 9.37. The van der Waals surface area contributed by atoms with Crippen LogP contribution in [0.25, 0.3) is 10.9 Å². The van der Waals surface area contributed by atoms with Crippen LogP contribution in [0.3, 0.4) is 0 Å². The first-order valence-corrected chi connectivity index (χ1v) is 7.73. The molecule has 0 unspecified atom stereocenters. The first kappa shape index (κ1) is 13.5.